The van der Waals surface area contributed by atoms with Gasteiger partial charge in [-0.05, 0) is 35.9 Å². The Hall–Kier alpha value is -1.43. The Morgan fingerprint density at radius 1 is 1.20 bits per heavy atom. The first-order valence-electron chi connectivity index (χ1n) is 6.21. The fourth-order valence-electron chi connectivity index (χ4n) is 2.08. The number of nitrogens with zero attached hydrogens (tertiary/aromatic N) is 1. The van der Waals surface area contributed by atoms with Crippen molar-refractivity contribution in [3.05, 3.63) is 63.9 Å². The van der Waals surface area contributed by atoms with Gasteiger partial charge in [0.05, 0.1) is 6.04 Å². The summed E-state index contributed by atoms with van der Waals surface area (Å²) in [5.41, 5.74) is 5.15. The molecule has 0 spiro atoms. The smallest absolute Gasteiger partial charge is 0.128 e. The molecule has 3 N–H and O–H groups in total. The Morgan fingerprint density at radius 3 is 2.60 bits per heavy atom. The summed E-state index contributed by atoms with van der Waals surface area (Å²) >= 11 is 3.36. The summed E-state index contributed by atoms with van der Waals surface area (Å²) in [5, 5.41) is 0. The van der Waals surface area contributed by atoms with Gasteiger partial charge in [-0.3, -0.25) is 5.84 Å². The normalized spacial score (nSPS) is 12.2. The number of hydrazine groups is 1. The first-order chi connectivity index (χ1) is 9.52. The van der Waals surface area contributed by atoms with Crippen LogP contribution in [-0.2, 0) is 0 Å². The standard InChI is InChI=1S/C15H17BrFN3/c1-20(2)12-5-3-4-10(8-12)15(19-18)13-9-11(16)6-7-14(13)17/h3-9,15,19H,18H2,1-2H3. The summed E-state index contributed by atoms with van der Waals surface area (Å²) in [4.78, 5) is 1.99. The number of rotatable bonds is 4. The molecule has 0 heterocycles. The van der Waals surface area contributed by atoms with E-state index in [2.05, 4.69) is 21.4 Å². The van der Waals surface area contributed by atoms with E-state index in [-0.39, 0.29) is 5.82 Å². The number of nitrogens with one attached hydrogen (secondary N) is 1. The second kappa shape index (κ2) is 6.35. The number of benzene rings is 2. The molecule has 0 amide bonds. The highest BCUT2D eigenvalue weighted by atomic mass is 79.9. The topological polar surface area (TPSA) is 41.3 Å². The van der Waals surface area contributed by atoms with Crippen molar-refractivity contribution < 1.29 is 4.39 Å². The summed E-state index contributed by atoms with van der Waals surface area (Å²) in [5.74, 6) is 5.35. The summed E-state index contributed by atoms with van der Waals surface area (Å²) in [6.07, 6.45) is 0. The molecule has 1 atom stereocenters. The van der Waals surface area contributed by atoms with E-state index >= 15 is 0 Å². The highest BCUT2D eigenvalue weighted by molar-refractivity contribution is 9.10. The first kappa shape index (κ1) is 15.0. The van der Waals surface area contributed by atoms with Crippen LogP contribution >= 0.6 is 15.9 Å². The maximum Gasteiger partial charge on any atom is 0.128 e. The largest absolute Gasteiger partial charge is 0.378 e. The first-order valence-corrected chi connectivity index (χ1v) is 7.00. The molecular formula is C15H17BrFN3. The van der Waals surface area contributed by atoms with Gasteiger partial charge in [-0.2, -0.15) is 0 Å². The molecule has 0 aliphatic heterocycles. The quantitative estimate of drug-likeness (QED) is 0.664. The van der Waals surface area contributed by atoms with Crippen molar-refractivity contribution in [2.24, 2.45) is 5.84 Å². The van der Waals surface area contributed by atoms with E-state index in [1.54, 1.807) is 12.1 Å². The number of halogens is 2. The zero-order valence-electron chi connectivity index (χ0n) is 11.4. The minimum absolute atomic E-state index is 0.286. The zero-order valence-corrected chi connectivity index (χ0v) is 13.0. The van der Waals surface area contributed by atoms with Crippen molar-refractivity contribution in [3.8, 4) is 0 Å². The predicted octanol–water partition coefficient (Wildman–Crippen LogP) is 3.21. The molecule has 2 aromatic rings. The molecular weight excluding hydrogens is 321 g/mol. The molecule has 0 aliphatic carbocycles. The minimum atomic E-state index is -0.396. The van der Waals surface area contributed by atoms with Gasteiger partial charge in [0.1, 0.15) is 5.82 Å². The van der Waals surface area contributed by atoms with E-state index in [1.807, 2.05) is 43.3 Å². The second-order valence-electron chi connectivity index (χ2n) is 4.75. The molecule has 0 saturated carbocycles. The minimum Gasteiger partial charge on any atom is -0.378 e. The summed E-state index contributed by atoms with van der Waals surface area (Å²) < 4.78 is 14.8. The van der Waals surface area contributed by atoms with Crippen molar-refractivity contribution in [1.82, 2.24) is 5.43 Å². The predicted molar refractivity (Wildman–Crippen MR) is 84.0 cm³/mol. The van der Waals surface area contributed by atoms with Gasteiger partial charge < -0.3 is 4.90 Å². The average Bonchev–Trinajstić information content (AvgIpc) is 2.44. The third kappa shape index (κ3) is 3.17. The van der Waals surface area contributed by atoms with Gasteiger partial charge in [-0.15, -0.1) is 0 Å². The Morgan fingerprint density at radius 2 is 1.95 bits per heavy atom. The summed E-state index contributed by atoms with van der Waals surface area (Å²) in [6.45, 7) is 0. The lowest BCUT2D eigenvalue weighted by Gasteiger charge is -2.20. The Kier molecular flexibility index (Phi) is 4.75. The maximum atomic E-state index is 14.0. The molecule has 3 nitrogen and oxygen atoms in total. The number of anilines is 1. The Labute approximate surface area is 126 Å². The second-order valence-corrected chi connectivity index (χ2v) is 5.67. The fraction of sp³-hybridized carbons (Fsp3) is 0.200. The number of hydrogen-bond donors (Lipinski definition) is 2. The molecule has 5 heteroatoms. The molecule has 0 radical (unpaired) electrons. The molecule has 0 saturated heterocycles. The highest BCUT2D eigenvalue weighted by Crippen LogP contribution is 2.28. The Balaban J connectivity index is 2.46. The van der Waals surface area contributed by atoms with Gasteiger partial charge in [-0.25, -0.2) is 9.82 Å². The lowest BCUT2D eigenvalue weighted by Crippen LogP contribution is -2.29. The Bertz CT molecular complexity index is 601. The summed E-state index contributed by atoms with van der Waals surface area (Å²) in [7, 11) is 3.92. The van der Waals surface area contributed by atoms with E-state index < -0.39 is 6.04 Å². The van der Waals surface area contributed by atoms with Crippen LogP contribution in [0.4, 0.5) is 10.1 Å². The SMILES string of the molecule is CN(C)c1cccc(C(NN)c2cc(Br)ccc2F)c1. The van der Waals surface area contributed by atoms with Crippen molar-refractivity contribution in [1.29, 1.82) is 0 Å². The zero-order chi connectivity index (χ0) is 14.7. The highest BCUT2D eigenvalue weighted by Gasteiger charge is 2.17. The third-order valence-electron chi connectivity index (χ3n) is 3.16. The molecule has 2 rings (SSSR count). The molecule has 0 bridgehead atoms. The molecule has 0 fully saturated rings. The lowest BCUT2D eigenvalue weighted by molar-refractivity contribution is 0.559. The molecule has 20 heavy (non-hydrogen) atoms. The van der Waals surface area contributed by atoms with Crippen LogP contribution in [0.1, 0.15) is 17.2 Å². The van der Waals surface area contributed by atoms with Crippen LogP contribution < -0.4 is 16.2 Å². The number of nitrogens with two attached hydrogens (primary N) is 1. The van der Waals surface area contributed by atoms with Crippen molar-refractivity contribution in [2.45, 2.75) is 6.04 Å². The van der Waals surface area contributed by atoms with Crippen LogP contribution in [0, 0.1) is 5.82 Å². The molecule has 2 aromatic carbocycles. The van der Waals surface area contributed by atoms with Crippen LogP contribution in [0.25, 0.3) is 0 Å². The van der Waals surface area contributed by atoms with Crippen LogP contribution in [0.2, 0.25) is 0 Å². The van der Waals surface area contributed by atoms with Crippen LogP contribution in [0.15, 0.2) is 46.9 Å². The van der Waals surface area contributed by atoms with Gasteiger partial charge in [0.2, 0.25) is 0 Å². The van der Waals surface area contributed by atoms with Crippen molar-refractivity contribution in [2.75, 3.05) is 19.0 Å². The van der Waals surface area contributed by atoms with Gasteiger partial charge in [0, 0.05) is 29.8 Å². The van der Waals surface area contributed by atoms with E-state index in [9.17, 15) is 4.39 Å². The van der Waals surface area contributed by atoms with Crippen molar-refractivity contribution >= 4 is 21.6 Å². The molecule has 106 valence electrons. The average molecular weight is 338 g/mol. The monoisotopic (exact) mass is 337 g/mol. The summed E-state index contributed by atoms with van der Waals surface area (Å²) in [6, 6.07) is 12.3. The van der Waals surface area contributed by atoms with E-state index in [0.717, 1.165) is 15.7 Å². The molecule has 1 unspecified atom stereocenters. The molecule has 0 aliphatic rings. The van der Waals surface area contributed by atoms with Crippen molar-refractivity contribution in [3.63, 3.8) is 0 Å². The van der Waals surface area contributed by atoms with Gasteiger partial charge in [0.25, 0.3) is 0 Å². The van der Waals surface area contributed by atoms with Gasteiger partial charge in [0.15, 0.2) is 0 Å². The van der Waals surface area contributed by atoms with E-state index in [4.69, 9.17) is 5.84 Å². The third-order valence-corrected chi connectivity index (χ3v) is 3.65. The van der Waals surface area contributed by atoms with E-state index in [1.165, 1.54) is 6.07 Å². The van der Waals surface area contributed by atoms with Gasteiger partial charge >= 0.3 is 0 Å². The number of hydrogen-bond acceptors (Lipinski definition) is 3. The lowest BCUT2D eigenvalue weighted by atomic mass is 9.98. The van der Waals surface area contributed by atoms with Crippen LogP contribution in [0.5, 0.6) is 0 Å². The maximum absolute atomic E-state index is 14.0. The van der Waals surface area contributed by atoms with Crippen LogP contribution in [-0.4, -0.2) is 14.1 Å². The fourth-order valence-corrected chi connectivity index (χ4v) is 2.46. The molecule has 0 aromatic heterocycles. The van der Waals surface area contributed by atoms with Gasteiger partial charge in [-0.1, -0.05) is 28.1 Å². The van der Waals surface area contributed by atoms with E-state index in [0.29, 0.717) is 5.56 Å². The van der Waals surface area contributed by atoms with Crippen LogP contribution in [0.3, 0.4) is 0 Å².